The van der Waals surface area contributed by atoms with E-state index in [1.807, 2.05) is 16.7 Å². The van der Waals surface area contributed by atoms with E-state index in [2.05, 4.69) is 0 Å². The van der Waals surface area contributed by atoms with Gasteiger partial charge >= 0.3 is 6.18 Å². The monoisotopic (exact) mass is 400 g/mol. The Morgan fingerprint density at radius 1 is 1.11 bits per heavy atom. The SMILES string of the molecule is CC(C(=O)N1CCCC1)N1CCN(c2ccc([N+](=O)[O-])cc2C(F)(F)F)CC1. The molecular formula is C18H23F3N4O3. The van der Waals surface area contributed by atoms with Crippen LogP contribution in [0.5, 0.6) is 0 Å². The molecule has 0 spiro atoms. The summed E-state index contributed by atoms with van der Waals surface area (Å²) in [5.41, 5.74) is -1.65. The molecule has 0 N–H and O–H groups in total. The maximum atomic E-state index is 13.4. The van der Waals surface area contributed by atoms with Crippen LogP contribution in [0.25, 0.3) is 0 Å². The highest BCUT2D eigenvalue weighted by Gasteiger charge is 2.38. The Bertz CT molecular complexity index is 742. The highest BCUT2D eigenvalue weighted by molar-refractivity contribution is 5.81. The Hall–Kier alpha value is -2.36. The van der Waals surface area contributed by atoms with Crippen LogP contribution in [0.1, 0.15) is 25.3 Å². The third kappa shape index (κ3) is 4.21. The van der Waals surface area contributed by atoms with Gasteiger partial charge in [-0.3, -0.25) is 19.8 Å². The molecule has 1 amide bonds. The summed E-state index contributed by atoms with van der Waals surface area (Å²) < 4.78 is 40.3. The van der Waals surface area contributed by atoms with E-state index >= 15 is 0 Å². The van der Waals surface area contributed by atoms with Gasteiger partial charge in [0.15, 0.2) is 0 Å². The smallest absolute Gasteiger partial charge is 0.368 e. The summed E-state index contributed by atoms with van der Waals surface area (Å²) >= 11 is 0. The zero-order valence-corrected chi connectivity index (χ0v) is 15.6. The van der Waals surface area contributed by atoms with Crippen LogP contribution in [0.2, 0.25) is 0 Å². The number of halogens is 3. The standard InChI is InChI=1S/C18H23F3N4O3/c1-13(17(26)24-6-2-3-7-24)22-8-10-23(11-9-22)16-5-4-14(25(27)28)12-15(16)18(19,20)21/h4-5,12-13H,2-3,6-11H2,1H3. The summed E-state index contributed by atoms with van der Waals surface area (Å²) in [5, 5.41) is 10.8. The second-order valence-electron chi connectivity index (χ2n) is 7.19. The van der Waals surface area contributed by atoms with E-state index in [0.717, 1.165) is 38.1 Å². The van der Waals surface area contributed by atoms with Crippen molar-refractivity contribution in [3.8, 4) is 0 Å². The zero-order chi connectivity index (χ0) is 20.5. The van der Waals surface area contributed by atoms with Crippen molar-refractivity contribution in [2.75, 3.05) is 44.2 Å². The number of carbonyl (C=O) groups is 1. The number of carbonyl (C=O) groups excluding carboxylic acids is 1. The lowest BCUT2D eigenvalue weighted by Crippen LogP contribution is -2.54. The predicted molar refractivity (Wildman–Crippen MR) is 97.2 cm³/mol. The van der Waals surface area contributed by atoms with Crippen molar-refractivity contribution in [2.24, 2.45) is 0 Å². The molecule has 0 radical (unpaired) electrons. The second kappa shape index (κ2) is 7.94. The zero-order valence-electron chi connectivity index (χ0n) is 15.6. The number of amides is 1. The largest absolute Gasteiger partial charge is 0.418 e. The van der Waals surface area contributed by atoms with Gasteiger partial charge in [-0.2, -0.15) is 13.2 Å². The van der Waals surface area contributed by atoms with Crippen LogP contribution in [0.3, 0.4) is 0 Å². The minimum atomic E-state index is -4.68. The third-order valence-corrected chi connectivity index (χ3v) is 5.47. The van der Waals surface area contributed by atoms with Crippen LogP contribution in [-0.4, -0.2) is 65.9 Å². The van der Waals surface area contributed by atoms with Gasteiger partial charge in [0.2, 0.25) is 5.91 Å². The van der Waals surface area contributed by atoms with Crippen LogP contribution in [0.15, 0.2) is 18.2 Å². The van der Waals surface area contributed by atoms with Crippen molar-refractivity contribution in [1.29, 1.82) is 0 Å². The normalized spacial score (nSPS) is 19.7. The molecule has 1 atom stereocenters. The number of benzene rings is 1. The number of alkyl halides is 3. The maximum Gasteiger partial charge on any atom is 0.418 e. The Morgan fingerprint density at radius 2 is 1.71 bits per heavy atom. The van der Waals surface area contributed by atoms with Crippen molar-refractivity contribution in [3.05, 3.63) is 33.9 Å². The van der Waals surface area contributed by atoms with Crippen molar-refractivity contribution in [1.82, 2.24) is 9.80 Å². The molecule has 0 bridgehead atoms. The van der Waals surface area contributed by atoms with Gasteiger partial charge in [-0.05, 0) is 25.8 Å². The summed E-state index contributed by atoms with van der Waals surface area (Å²) in [6.07, 6.45) is -2.67. The molecule has 1 aromatic carbocycles. The Morgan fingerprint density at radius 3 is 2.25 bits per heavy atom. The van der Waals surface area contributed by atoms with Crippen molar-refractivity contribution < 1.29 is 22.9 Å². The first-order chi connectivity index (χ1) is 13.2. The third-order valence-electron chi connectivity index (χ3n) is 5.47. The summed E-state index contributed by atoms with van der Waals surface area (Å²) in [5.74, 6) is 0.0669. The molecule has 28 heavy (non-hydrogen) atoms. The van der Waals surface area contributed by atoms with E-state index in [1.54, 1.807) is 4.90 Å². The molecular weight excluding hydrogens is 377 g/mol. The topological polar surface area (TPSA) is 69.9 Å². The number of nitro groups is 1. The lowest BCUT2D eigenvalue weighted by Gasteiger charge is -2.40. The highest BCUT2D eigenvalue weighted by Crippen LogP contribution is 2.39. The number of anilines is 1. The van der Waals surface area contributed by atoms with Crippen LogP contribution in [0, 0.1) is 10.1 Å². The van der Waals surface area contributed by atoms with Crippen molar-refractivity contribution in [2.45, 2.75) is 32.0 Å². The van der Waals surface area contributed by atoms with Gasteiger partial charge in [-0.1, -0.05) is 0 Å². The lowest BCUT2D eigenvalue weighted by molar-refractivity contribution is -0.385. The molecule has 7 nitrogen and oxygen atoms in total. The average molecular weight is 400 g/mol. The van der Waals surface area contributed by atoms with Crippen LogP contribution < -0.4 is 4.90 Å². The first-order valence-electron chi connectivity index (χ1n) is 9.32. The van der Waals surface area contributed by atoms with E-state index in [9.17, 15) is 28.1 Å². The van der Waals surface area contributed by atoms with Crippen LogP contribution in [0.4, 0.5) is 24.5 Å². The Balaban J connectivity index is 1.70. The number of nitro benzene ring substituents is 1. The van der Waals surface area contributed by atoms with Crippen molar-refractivity contribution in [3.63, 3.8) is 0 Å². The van der Waals surface area contributed by atoms with Gasteiger partial charge in [-0.25, -0.2) is 0 Å². The van der Waals surface area contributed by atoms with Gasteiger partial charge in [0.05, 0.1) is 16.5 Å². The summed E-state index contributed by atoms with van der Waals surface area (Å²) in [6, 6.07) is 2.53. The molecule has 2 fully saturated rings. The lowest BCUT2D eigenvalue weighted by atomic mass is 10.1. The number of piperazine rings is 1. The summed E-state index contributed by atoms with van der Waals surface area (Å²) in [4.78, 5) is 28.0. The number of hydrogen-bond acceptors (Lipinski definition) is 5. The summed E-state index contributed by atoms with van der Waals surface area (Å²) in [7, 11) is 0. The molecule has 1 unspecified atom stereocenters. The highest BCUT2D eigenvalue weighted by atomic mass is 19.4. The molecule has 10 heteroatoms. The van der Waals surface area contributed by atoms with Crippen LogP contribution in [-0.2, 0) is 11.0 Å². The van der Waals surface area contributed by atoms with E-state index in [1.165, 1.54) is 0 Å². The number of nitrogens with zero attached hydrogens (tertiary/aromatic N) is 4. The predicted octanol–water partition coefficient (Wildman–Crippen LogP) is 2.75. The van der Waals surface area contributed by atoms with Gasteiger partial charge in [-0.15, -0.1) is 0 Å². The summed E-state index contributed by atoms with van der Waals surface area (Å²) in [6.45, 7) is 4.91. The fourth-order valence-electron chi connectivity index (χ4n) is 3.85. The number of non-ortho nitro benzene ring substituents is 1. The Kier molecular flexibility index (Phi) is 5.78. The molecule has 154 valence electrons. The number of hydrogen-bond donors (Lipinski definition) is 0. The van der Waals surface area contributed by atoms with E-state index < -0.39 is 22.4 Å². The van der Waals surface area contributed by atoms with Crippen molar-refractivity contribution >= 4 is 17.3 Å². The molecule has 0 aromatic heterocycles. The van der Waals surface area contributed by atoms with Gasteiger partial charge in [0, 0.05) is 57.1 Å². The number of rotatable bonds is 4. The fourth-order valence-corrected chi connectivity index (χ4v) is 3.85. The Labute approximate surface area is 160 Å². The van der Waals surface area contributed by atoms with E-state index in [4.69, 9.17) is 0 Å². The second-order valence-corrected chi connectivity index (χ2v) is 7.19. The minimum Gasteiger partial charge on any atom is -0.368 e. The minimum absolute atomic E-state index is 0.0590. The van der Waals surface area contributed by atoms with Gasteiger partial charge in [0.25, 0.3) is 5.69 Å². The quantitative estimate of drug-likeness (QED) is 0.574. The molecule has 2 heterocycles. The first-order valence-corrected chi connectivity index (χ1v) is 9.32. The maximum absolute atomic E-state index is 13.4. The fraction of sp³-hybridized carbons (Fsp3) is 0.611. The molecule has 2 aliphatic heterocycles. The van der Waals surface area contributed by atoms with E-state index in [-0.39, 0.29) is 17.6 Å². The molecule has 3 rings (SSSR count). The number of likely N-dealkylation sites (tertiary alicyclic amines) is 1. The molecule has 0 saturated carbocycles. The van der Waals surface area contributed by atoms with E-state index in [0.29, 0.717) is 32.2 Å². The van der Waals surface area contributed by atoms with Crippen LogP contribution >= 0.6 is 0 Å². The van der Waals surface area contributed by atoms with Gasteiger partial charge < -0.3 is 9.80 Å². The first kappa shape index (κ1) is 20.4. The van der Waals surface area contributed by atoms with Gasteiger partial charge in [0.1, 0.15) is 0 Å². The molecule has 2 saturated heterocycles. The molecule has 1 aromatic rings. The molecule has 0 aliphatic carbocycles. The average Bonchev–Trinajstić information content (AvgIpc) is 3.20. The molecule has 2 aliphatic rings.